The monoisotopic (exact) mass is 280 g/mol. The Balaban J connectivity index is 2.47. The number of hydrogen-bond acceptors (Lipinski definition) is 2. The van der Waals surface area contributed by atoms with Crippen molar-refractivity contribution in [3.05, 3.63) is 46.2 Å². The van der Waals surface area contributed by atoms with E-state index in [0.717, 1.165) is 15.7 Å². The van der Waals surface area contributed by atoms with E-state index in [9.17, 15) is 4.79 Å². The van der Waals surface area contributed by atoms with E-state index in [2.05, 4.69) is 21.0 Å². The lowest BCUT2D eigenvalue weighted by molar-refractivity contribution is 0.0697. The Labute approximate surface area is 101 Å². The molecule has 0 atom stereocenters. The van der Waals surface area contributed by atoms with Crippen LogP contribution in [-0.2, 0) is 0 Å². The molecule has 5 heteroatoms. The maximum absolute atomic E-state index is 10.8. The highest BCUT2D eigenvalue weighted by Gasteiger charge is 2.07. The first-order chi connectivity index (χ1) is 7.58. The first kappa shape index (κ1) is 10.9. The second-order valence-electron chi connectivity index (χ2n) is 3.41. The summed E-state index contributed by atoms with van der Waals surface area (Å²) in [7, 11) is 0. The molecule has 0 saturated carbocycles. The zero-order chi connectivity index (χ0) is 11.7. The van der Waals surface area contributed by atoms with E-state index in [1.54, 1.807) is 29.1 Å². The van der Waals surface area contributed by atoms with Crippen molar-refractivity contribution >= 4 is 21.9 Å². The Morgan fingerprint density at radius 1 is 1.50 bits per heavy atom. The summed E-state index contributed by atoms with van der Waals surface area (Å²) in [5, 5.41) is 13.0. The van der Waals surface area contributed by atoms with Crippen LogP contribution in [0.1, 0.15) is 15.9 Å². The summed E-state index contributed by atoms with van der Waals surface area (Å²) < 4.78 is 2.58. The Bertz CT molecular complexity index is 549. The Hall–Kier alpha value is -1.62. The minimum atomic E-state index is -0.920. The zero-order valence-electron chi connectivity index (χ0n) is 8.51. The molecule has 82 valence electrons. The highest BCUT2D eigenvalue weighted by atomic mass is 79.9. The molecule has 1 N–H and O–H groups in total. The van der Waals surface area contributed by atoms with Gasteiger partial charge in [-0.15, -0.1) is 0 Å². The first-order valence-corrected chi connectivity index (χ1v) is 5.42. The van der Waals surface area contributed by atoms with Gasteiger partial charge in [0.15, 0.2) is 0 Å². The summed E-state index contributed by atoms with van der Waals surface area (Å²) in [6, 6.07) is 4.95. The number of carboxylic acids is 1. The van der Waals surface area contributed by atoms with Crippen LogP contribution in [0.3, 0.4) is 0 Å². The quantitative estimate of drug-likeness (QED) is 0.920. The van der Waals surface area contributed by atoms with Gasteiger partial charge in [-0.3, -0.25) is 0 Å². The largest absolute Gasteiger partial charge is 0.478 e. The number of hydrogen-bond donors (Lipinski definition) is 1. The maximum Gasteiger partial charge on any atom is 0.335 e. The van der Waals surface area contributed by atoms with Crippen LogP contribution in [0.5, 0.6) is 0 Å². The fraction of sp³-hybridized carbons (Fsp3) is 0.0909. The molecule has 0 fully saturated rings. The summed E-state index contributed by atoms with van der Waals surface area (Å²) in [5.74, 6) is -0.920. The Morgan fingerprint density at radius 3 is 2.75 bits per heavy atom. The molecular weight excluding hydrogens is 272 g/mol. The SMILES string of the molecule is Cc1cc(C(=O)O)ccc1-n1cc(Br)cn1. The van der Waals surface area contributed by atoms with E-state index in [0.29, 0.717) is 0 Å². The van der Waals surface area contributed by atoms with Crippen LogP contribution >= 0.6 is 15.9 Å². The topological polar surface area (TPSA) is 55.1 Å². The molecule has 1 aromatic carbocycles. The van der Waals surface area contributed by atoms with E-state index in [1.807, 2.05) is 13.1 Å². The van der Waals surface area contributed by atoms with Crippen molar-refractivity contribution in [2.45, 2.75) is 6.92 Å². The number of benzene rings is 1. The molecule has 0 bridgehead atoms. The maximum atomic E-state index is 10.8. The van der Waals surface area contributed by atoms with Gasteiger partial charge in [-0.2, -0.15) is 5.10 Å². The molecule has 1 heterocycles. The first-order valence-electron chi connectivity index (χ1n) is 4.62. The highest BCUT2D eigenvalue weighted by Crippen LogP contribution is 2.17. The van der Waals surface area contributed by atoms with Gasteiger partial charge in [0.05, 0.1) is 21.9 Å². The molecule has 16 heavy (non-hydrogen) atoms. The van der Waals surface area contributed by atoms with Gasteiger partial charge >= 0.3 is 5.97 Å². The second kappa shape index (κ2) is 4.09. The third-order valence-corrected chi connectivity index (χ3v) is 2.65. The van der Waals surface area contributed by atoms with Crippen molar-refractivity contribution in [2.75, 3.05) is 0 Å². The Kier molecular flexibility index (Phi) is 2.78. The summed E-state index contributed by atoms with van der Waals surface area (Å²) in [4.78, 5) is 10.8. The Morgan fingerprint density at radius 2 is 2.25 bits per heavy atom. The molecular formula is C11H9BrN2O2. The average Bonchev–Trinajstić information content (AvgIpc) is 2.64. The summed E-state index contributed by atoms with van der Waals surface area (Å²) in [6.07, 6.45) is 3.51. The summed E-state index contributed by atoms with van der Waals surface area (Å²) in [5.41, 5.74) is 2.03. The third-order valence-electron chi connectivity index (χ3n) is 2.24. The van der Waals surface area contributed by atoms with E-state index in [4.69, 9.17) is 5.11 Å². The standard InChI is InChI=1S/C11H9BrN2O2/c1-7-4-8(11(15)16)2-3-10(7)14-6-9(12)5-13-14/h2-6H,1H3,(H,15,16). The van der Waals surface area contributed by atoms with Crippen LogP contribution < -0.4 is 0 Å². The van der Waals surface area contributed by atoms with Crippen molar-refractivity contribution in [3.8, 4) is 5.69 Å². The lowest BCUT2D eigenvalue weighted by Crippen LogP contribution is -2.01. The average molecular weight is 281 g/mol. The van der Waals surface area contributed by atoms with Gasteiger partial charge in [0, 0.05) is 6.20 Å². The van der Waals surface area contributed by atoms with E-state index < -0.39 is 5.97 Å². The zero-order valence-corrected chi connectivity index (χ0v) is 10.1. The number of halogens is 1. The summed E-state index contributed by atoms with van der Waals surface area (Å²) in [6.45, 7) is 1.86. The van der Waals surface area contributed by atoms with Gasteiger partial charge in [0.25, 0.3) is 0 Å². The smallest absolute Gasteiger partial charge is 0.335 e. The fourth-order valence-electron chi connectivity index (χ4n) is 1.48. The second-order valence-corrected chi connectivity index (χ2v) is 4.33. The number of rotatable bonds is 2. The van der Waals surface area contributed by atoms with Gasteiger partial charge in [-0.1, -0.05) is 0 Å². The minimum Gasteiger partial charge on any atom is -0.478 e. The van der Waals surface area contributed by atoms with Crippen molar-refractivity contribution in [1.29, 1.82) is 0 Å². The molecule has 0 unspecified atom stereocenters. The molecule has 0 aliphatic rings. The number of aromatic nitrogens is 2. The van der Waals surface area contributed by atoms with Gasteiger partial charge in [0.1, 0.15) is 0 Å². The van der Waals surface area contributed by atoms with E-state index >= 15 is 0 Å². The predicted octanol–water partition coefficient (Wildman–Crippen LogP) is 2.64. The molecule has 2 aromatic rings. The molecule has 0 spiro atoms. The fourth-order valence-corrected chi connectivity index (χ4v) is 1.76. The van der Waals surface area contributed by atoms with Crippen LogP contribution in [0.15, 0.2) is 35.1 Å². The number of carbonyl (C=O) groups is 1. The normalized spacial score (nSPS) is 10.4. The van der Waals surface area contributed by atoms with Crippen molar-refractivity contribution < 1.29 is 9.90 Å². The predicted molar refractivity (Wildman–Crippen MR) is 63.0 cm³/mol. The molecule has 0 aliphatic heterocycles. The molecule has 0 radical (unpaired) electrons. The molecule has 1 aromatic heterocycles. The lowest BCUT2D eigenvalue weighted by Gasteiger charge is -2.06. The van der Waals surface area contributed by atoms with Crippen LogP contribution in [0.4, 0.5) is 0 Å². The van der Waals surface area contributed by atoms with Crippen molar-refractivity contribution in [1.82, 2.24) is 9.78 Å². The van der Waals surface area contributed by atoms with Gasteiger partial charge < -0.3 is 5.11 Å². The molecule has 0 amide bonds. The number of carboxylic acid groups (broad SMARTS) is 1. The van der Waals surface area contributed by atoms with Crippen LogP contribution in [-0.4, -0.2) is 20.9 Å². The molecule has 4 nitrogen and oxygen atoms in total. The van der Waals surface area contributed by atoms with Gasteiger partial charge in [-0.25, -0.2) is 9.48 Å². The number of aromatic carboxylic acids is 1. The van der Waals surface area contributed by atoms with Crippen molar-refractivity contribution in [2.24, 2.45) is 0 Å². The van der Waals surface area contributed by atoms with Crippen LogP contribution in [0, 0.1) is 6.92 Å². The lowest BCUT2D eigenvalue weighted by atomic mass is 10.1. The molecule has 0 aliphatic carbocycles. The van der Waals surface area contributed by atoms with Gasteiger partial charge in [0.2, 0.25) is 0 Å². The van der Waals surface area contributed by atoms with Gasteiger partial charge in [-0.05, 0) is 46.6 Å². The number of nitrogens with zero attached hydrogens (tertiary/aromatic N) is 2. The number of aryl methyl sites for hydroxylation is 1. The van der Waals surface area contributed by atoms with E-state index in [-0.39, 0.29) is 5.56 Å². The third kappa shape index (κ3) is 1.99. The van der Waals surface area contributed by atoms with Crippen LogP contribution in [0.2, 0.25) is 0 Å². The minimum absolute atomic E-state index is 0.285. The van der Waals surface area contributed by atoms with E-state index in [1.165, 1.54) is 0 Å². The molecule has 2 rings (SSSR count). The molecule has 0 saturated heterocycles. The highest BCUT2D eigenvalue weighted by molar-refractivity contribution is 9.10. The summed E-state index contributed by atoms with van der Waals surface area (Å²) >= 11 is 3.31. The van der Waals surface area contributed by atoms with Crippen molar-refractivity contribution in [3.63, 3.8) is 0 Å². The van der Waals surface area contributed by atoms with Crippen LogP contribution in [0.25, 0.3) is 5.69 Å².